The zero-order valence-corrected chi connectivity index (χ0v) is 12.2. The number of anilines is 1. The highest BCUT2D eigenvalue weighted by Crippen LogP contribution is 2.15. The van der Waals surface area contributed by atoms with E-state index in [0.717, 1.165) is 30.9 Å². The van der Waals surface area contributed by atoms with Crippen molar-refractivity contribution in [2.75, 3.05) is 11.9 Å². The van der Waals surface area contributed by atoms with E-state index in [4.69, 9.17) is 17.0 Å². The molecule has 0 saturated carbocycles. The van der Waals surface area contributed by atoms with Crippen LogP contribution in [0.15, 0.2) is 24.3 Å². The molecule has 0 heterocycles. The van der Waals surface area contributed by atoms with Crippen LogP contribution in [0.4, 0.5) is 5.69 Å². The Labute approximate surface area is 119 Å². The molecule has 19 heavy (non-hydrogen) atoms. The summed E-state index contributed by atoms with van der Waals surface area (Å²) >= 11 is 5.02. The maximum atomic E-state index is 11.2. The summed E-state index contributed by atoms with van der Waals surface area (Å²) in [6.07, 6.45) is 2.57. The number of amides is 1. The first kappa shape index (κ1) is 15.4. The Kier molecular flexibility index (Phi) is 6.89. The second kappa shape index (κ2) is 8.48. The second-order valence-electron chi connectivity index (χ2n) is 4.08. The van der Waals surface area contributed by atoms with Crippen molar-refractivity contribution in [2.24, 2.45) is 0 Å². The highest BCUT2D eigenvalue weighted by molar-refractivity contribution is 7.80. The van der Waals surface area contributed by atoms with Crippen molar-refractivity contribution in [1.29, 1.82) is 0 Å². The van der Waals surface area contributed by atoms with Gasteiger partial charge in [0.05, 0.1) is 6.61 Å². The topological polar surface area (TPSA) is 50.4 Å². The highest BCUT2D eigenvalue weighted by Gasteiger charge is 2.02. The summed E-state index contributed by atoms with van der Waals surface area (Å²) in [7, 11) is 0. The van der Waals surface area contributed by atoms with E-state index in [-0.39, 0.29) is 5.91 Å². The van der Waals surface area contributed by atoms with Gasteiger partial charge in [-0.2, -0.15) is 0 Å². The monoisotopic (exact) mass is 280 g/mol. The largest absolute Gasteiger partial charge is 0.494 e. The van der Waals surface area contributed by atoms with Crippen LogP contribution < -0.4 is 15.4 Å². The molecule has 1 aromatic carbocycles. The number of ether oxygens (including phenoxy) is 1. The van der Waals surface area contributed by atoms with Crippen LogP contribution in [0.3, 0.4) is 0 Å². The Hall–Kier alpha value is -1.62. The fourth-order valence-corrected chi connectivity index (χ4v) is 1.58. The van der Waals surface area contributed by atoms with Crippen molar-refractivity contribution in [2.45, 2.75) is 33.1 Å². The normalized spacial score (nSPS) is 9.79. The van der Waals surface area contributed by atoms with Gasteiger partial charge >= 0.3 is 0 Å². The minimum atomic E-state index is -0.1000. The molecule has 0 aliphatic rings. The molecule has 2 N–H and O–H groups in total. The lowest BCUT2D eigenvalue weighted by molar-refractivity contribution is -0.119. The van der Waals surface area contributed by atoms with Crippen LogP contribution in [0.5, 0.6) is 5.75 Å². The van der Waals surface area contributed by atoms with E-state index in [1.54, 1.807) is 6.92 Å². The molecule has 4 nitrogen and oxygen atoms in total. The third-order valence-electron chi connectivity index (χ3n) is 2.45. The average molecular weight is 280 g/mol. The van der Waals surface area contributed by atoms with Crippen molar-refractivity contribution >= 4 is 28.9 Å². The summed E-state index contributed by atoms with van der Waals surface area (Å²) in [4.78, 5) is 11.2. The molecule has 0 atom stereocenters. The van der Waals surface area contributed by atoms with Crippen molar-refractivity contribution < 1.29 is 9.53 Å². The van der Waals surface area contributed by atoms with Crippen LogP contribution in [0, 0.1) is 0 Å². The van der Waals surface area contributed by atoms with Gasteiger partial charge < -0.3 is 15.4 Å². The zero-order chi connectivity index (χ0) is 14.1. The molecular weight excluding hydrogens is 260 g/mol. The SMILES string of the molecule is CCCCOc1ccc(NC(=S)NC(=O)CC)cc1. The number of unbranched alkanes of at least 4 members (excludes halogenated alkanes) is 1. The van der Waals surface area contributed by atoms with Crippen molar-refractivity contribution in [3.8, 4) is 5.75 Å². The molecule has 0 bridgehead atoms. The van der Waals surface area contributed by atoms with Gasteiger partial charge in [-0.25, -0.2) is 0 Å². The smallest absolute Gasteiger partial charge is 0.225 e. The molecule has 0 fully saturated rings. The van der Waals surface area contributed by atoms with Crippen molar-refractivity contribution in [1.82, 2.24) is 5.32 Å². The minimum absolute atomic E-state index is 0.1000. The predicted molar refractivity (Wildman–Crippen MR) is 81.5 cm³/mol. The summed E-state index contributed by atoms with van der Waals surface area (Å²) < 4.78 is 5.56. The van der Waals surface area contributed by atoms with E-state index in [0.29, 0.717) is 11.5 Å². The number of rotatable bonds is 6. The minimum Gasteiger partial charge on any atom is -0.494 e. The van der Waals surface area contributed by atoms with Gasteiger partial charge in [0, 0.05) is 12.1 Å². The molecule has 1 aromatic rings. The number of thiocarbonyl (C=S) groups is 1. The Morgan fingerprint density at radius 2 is 1.95 bits per heavy atom. The Balaban J connectivity index is 2.43. The summed E-state index contributed by atoms with van der Waals surface area (Å²) in [5.41, 5.74) is 0.823. The van der Waals surface area contributed by atoms with Gasteiger partial charge in [0.2, 0.25) is 5.91 Å². The quantitative estimate of drug-likeness (QED) is 0.621. The number of benzene rings is 1. The Morgan fingerprint density at radius 3 is 2.53 bits per heavy atom. The Morgan fingerprint density at radius 1 is 1.26 bits per heavy atom. The van der Waals surface area contributed by atoms with Crippen LogP contribution in [0.25, 0.3) is 0 Å². The Bertz CT molecular complexity index is 418. The maximum Gasteiger partial charge on any atom is 0.225 e. The number of carbonyl (C=O) groups excluding carboxylic acids is 1. The fraction of sp³-hybridized carbons (Fsp3) is 0.429. The van der Waals surface area contributed by atoms with Crippen LogP contribution in [0.1, 0.15) is 33.1 Å². The fourth-order valence-electron chi connectivity index (χ4n) is 1.35. The number of hydrogen-bond donors (Lipinski definition) is 2. The first-order valence-corrected chi connectivity index (χ1v) is 6.90. The van der Waals surface area contributed by atoms with Crippen molar-refractivity contribution in [3.05, 3.63) is 24.3 Å². The van der Waals surface area contributed by atoms with E-state index in [1.165, 1.54) is 0 Å². The van der Waals surface area contributed by atoms with Crippen molar-refractivity contribution in [3.63, 3.8) is 0 Å². The molecule has 0 saturated heterocycles. The molecule has 0 spiro atoms. The number of nitrogens with one attached hydrogen (secondary N) is 2. The predicted octanol–water partition coefficient (Wildman–Crippen LogP) is 3.09. The zero-order valence-electron chi connectivity index (χ0n) is 11.4. The lowest BCUT2D eigenvalue weighted by Crippen LogP contribution is -2.33. The van der Waals surface area contributed by atoms with E-state index < -0.39 is 0 Å². The van der Waals surface area contributed by atoms with E-state index in [9.17, 15) is 4.79 Å². The summed E-state index contributed by atoms with van der Waals surface area (Å²) in [5, 5.41) is 5.84. The van der Waals surface area contributed by atoms with E-state index >= 15 is 0 Å². The van der Waals surface area contributed by atoms with Gasteiger partial charge in [-0.3, -0.25) is 4.79 Å². The van der Waals surface area contributed by atoms with Gasteiger partial charge in [-0.15, -0.1) is 0 Å². The average Bonchev–Trinajstić information content (AvgIpc) is 2.40. The van der Waals surface area contributed by atoms with Gasteiger partial charge in [-0.1, -0.05) is 20.3 Å². The summed E-state index contributed by atoms with van der Waals surface area (Å²) in [6, 6.07) is 7.49. The standard InChI is InChI=1S/C14H20N2O2S/c1-3-5-10-18-12-8-6-11(7-9-12)15-14(19)16-13(17)4-2/h6-9H,3-5,10H2,1-2H3,(H2,15,16,17,19). The van der Waals surface area contributed by atoms with Crippen LogP contribution in [-0.2, 0) is 4.79 Å². The van der Waals surface area contributed by atoms with E-state index in [2.05, 4.69) is 17.6 Å². The molecular formula is C14H20N2O2S. The first-order valence-electron chi connectivity index (χ1n) is 6.49. The first-order chi connectivity index (χ1) is 9.15. The molecule has 104 valence electrons. The van der Waals surface area contributed by atoms with Gasteiger partial charge in [0.15, 0.2) is 5.11 Å². The maximum absolute atomic E-state index is 11.2. The van der Waals surface area contributed by atoms with E-state index in [1.807, 2.05) is 24.3 Å². The third kappa shape index (κ3) is 6.20. The molecule has 0 unspecified atom stereocenters. The molecule has 1 amide bonds. The number of carbonyl (C=O) groups is 1. The summed E-state index contributed by atoms with van der Waals surface area (Å²) in [5.74, 6) is 0.736. The van der Waals surface area contributed by atoms with Gasteiger partial charge in [0.25, 0.3) is 0 Å². The lowest BCUT2D eigenvalue weighted by atomic mass is 10.3. The van der Waals surface area contributed by atoms with Gasteiger partial charge in [-0.05, 0) is 42.9 Å². The molecule has 0 aromatic heterocycles. The van der Waals surface area contributed by atoms with Crippen LogP contribution >= 0.6 is 12.2 Å². The molecule has 0 aliphatic carbocycles. The molecule has 0 radical (unpaired) electrons. The summed E-state index contributed by atoms with van der Waals surface area (Å²) in [6.45, 7) is 4.64. The second-order valence-corrected chi connectivity index (χ2v) is 4.49. The van der Waals surface area contributed by atoms with Gasteiger partial charge in [0.1, 0.15) is 5.75 Å². The molecule has 1 rings (SSSR count). The lowest BCUT2D eigenvalue weighted by Gasteiger charge is -2.10. The third-order valence-corrected chi connectivity index (χ3v) is 2.66. The molecule has 0 aliphatic heterocycles. The highest BCUT2D eigenvalue weighted by atomic mass is 32.1. The number of hydrogen-bond acceptors (Lipinski definition) is 3. The molecule has 5 heteroatoms. The van der Waals surface area contributed by atoms with Crippen LogP contribution in [0.2, 0.25) is 0 Å². The van der Waals surface area contributed by atoms with Crippen LogP contribution in [-0.4, -0.2) is 17.6 Å².